The van der Waals surface area contributed by atoms with Gasteiger partial charge in [0, 0.05) is 13.6 Å². The first-order valence-electron chi connectivity index (χ1n) is 5.02. The van der Waals surface area contributed by atoms with Gasteiger partial charge in [-0.15, -0.1) is 0 Å². The molecule has 4 nitrogen and oxygen atoms in total. The number of anilines is 2. The summed E-state index contributed by atoms with van der Waals surface area (Å²) in [6.07, 6.45) is 6.99. The van der Waals surface area contributed by atoms with E-state index in [9.17, 15) is 0 Å². The second-order valence-electron chi connectivity index (χ2n) is 3.43. The van der Waals surface area contributed by atoms with Gasteiger partial charge < -0.3 is 10.6 Å². The Morgan fingerprint density at radius 2 is 2.07 bits per heavy atom. The van der Waals surface area contributed by atoms with E-state index in [0.717, 1.165) is 12.4 Å². The Morgan fingerprint density at radius 1 is 1.29 bits per heavy atom. The third kappa shape index (κ3) is 3.20. The molecule has 4 heteroatoms. The SMILES string of the molecule is CCCCCN(C)c1cnc(N)cn1. The Labute approximate surface area is 85.2 Å². The van der Waals surface area contributed by atoms with Crippen LogP contribution >= 0.6 is 0 Å². The van der Waals surface area contributed by atoms with Crippen molar-refractivity contribution in [3.8, 4) is 0 Å². The highest BCUT2D eigenvalue weighted by atomic mass is 15.2. The van der Waals surface area contributed by atoms with Gasteiger partial charge in [-0.2, -0.15) is 0 Å². The molecule has 0 aliphatic carbocycles. The van der Waals surface area contributed by atoms with E-state index >= 15 is 0 Å². The maximum absolute atomic E-state index is 5.46. The fourth-order valence-electron chi connectivity index (χ4n) is 1.24. The van der Waals surface area contributed by atoms with E-state index in [1.807, 2.05) is 7.05 Å². The first kappa shape index (κ1) is 10.8. The number of hydrogen-bond acceptors (Lipinski definition) is 4. The van der Waals surface area contributed by atoms with Gasteiger partial charge in [-0.3, -0.25) is 0 Å². The van der Waals surface area contributed by atoms with E-state index in [1.165, 1.54) is 19.3 Å². The zero-order chi connectivity index (χ0) is 10.4. The zero-order valence-electron chi connectivity index (χ0n) is 8.90. The number of rotatable bonds is 5. The maximum Gasteiger partial charge on any atom is 0.146 e. The van der Waals surface area contributed by atoms with Crippen LogP contribution < -0.4 is 10.6 Å². The lowest BCUT2D eigenvalue weighted by Gasteiger charge is -2.17. The molecule has 14 heavy (non-hydrogen) atoms. The van der Waals surface area contributed by atoms with Gasteiger partial charge in [0.25, 0.3) is 0 Å². The summed E-state index contributed by atoms with van der Waals surface area (Å²) in [5.41, 5.74) is 5.46. The van der Waals surface area contributed by atoms with Crippen molar-refractivity contribution in [3.63, 3.8) is 0 Å². The number of nitrogens with zero attached hydrogens (tertiary/aromatic N) is 3. The van der Waals surface area contributed by atoms with Gasteiger partial charge >= 0.3 is 0 Å². The van der Waals surface area contributed by atoms with Crippen LogP contribution in [0.1, 0.15) is 26.2 Å². The second kappa shape index (κ2) is 5.42. The minimum absolute atomic E-state index is 0.468. The van der Waals surface area contributed by atoms with E-state index < -0.39 is 0 Å². The molecule has 0 atom stereocenters. The number of aromatic nitrogens is 2. The Kier molecular flexibility index (Phi) is 4.16. The van der Waals surface area contributed by atoms with Gasteiger partial charge in [-0.1, -0.05) is 19.8 Å². The lowest BCUT2D eigenvalue weighted by atomic mass is 10.2. The fraction of sp³-hybridized carbons (Fsp3) is 0.600. The monoisotopic (exact) mass is 194 g/mol. The molecule has 0 saturated heterocycles. The number of nitrogen functional groups attached to an aromatic ring is 1. The molecule has 0 aliphatic rings. The predicted molar refractivity (Wildman–Crippen MR) is 59.2 cm³/mol. The highest BCUT2D eigenvalue weighted by molar-refractivity contribution is 5.38. The molecule has 0 unspecified atom stereocenters. The van der Waals surface area contributed by atoms with Crippen LogP contribution in [0.15, 0.2) is 12.4 Å². The van der Waals surface area contributed by atoms with Gasteiger partial charge in [0.05, 0.1) is 12.4 Å². The molecule has 78 valence electrons. The van der Waals surface area contributed by atoms with Crippen molar-refractivity contribution in [1.82, 2.24) is 9.97 Å². The van der Waals surface area contributed by atoms with Crippen LogP contribution in [0, 0.1) is 0 Å². The van der Waals surface area contributed by atoms with Crippen molar-refractivity contribution >= 4 is 11.6 Å². The van der Waals surface area contributed by atoms with Crippen molar-refractivity contribution in [2.45, 2.75) is 26.2 Å². The van der Waals surface area contributed by atoms with Crippen LogP contribution in [0.3, 0.4) is 0 Å². The van der Waals surface area contributed by atoms with Crippen LogP contribution in [0.25, 0.3) is 0 Å². The largest absolute Gasteiger partial charge is 0.382 e. The van der Waals surface area contributed by atoms with Gasteiger partial charge in [0.2, 0.25) is 0 Å². The van der Waals surface area contributed by atoms with E-state index in [-0.39, 0.29) is 0 Å². The molecule has 0 saturated carbocycles. The number of hydrogen-bond donors (Lipinski definition) is 1. The van der Waals surface area contributed by atoms with Gasteiger partial charge in [-0.05, 0) is 6.42 Å². The lowest BCUT2D eigenvalue weighted by molar-refractivity contribution is 0.700. The Bertz CT molecular complexity index is 257. The predicted octanol–water partition coefficient (Wildman–Crippen LogP) is 1.69. The molecule has 0 aliphatic heterocycles. The summed E-state index contributed by atoms with van der Waals surface area (Å²) in [6, 6.07) is 0. The van der Waals surface area contributed by atoms with Crippen LogP contribution in [0.5, 0.6) is 0 Å². The molecule has 0 amide bonds. The summed E-state index contributed by atoms with van der Waals surface area (Å²) in [5.74, 6) is 1.35. The molecule has 0 aromatic carbocycles. The maximum atomic E-state index is 5.46. The molecule has 0 bridgehead atoms. The minimum Gasteiger partial charge on any atom is -0.382 e. The third-order valence-electron chi connectivity index (χ3n) is 2.15. The average molecular weight is 194 g/mol. The summed E-state index contributed by atoms with van der Waals surface area (Å²) in [6.45, 7) is 3.22. The molecule has 1 aromatic heterocycles. The van der Waals surface area contributed by atoms with Crippen molar-refractivity contribution < 1.29 is 0 Å². The summed E-state index contributed by atoms with van der Waals surface area (Å²) in [4.78, 5) is 10.3. The highest BCUT2D eigenvalue weighted by Gasteiger charge is 2.01. The van der Waals surface area contributed by atoms with Crippen molar-refractivity contribution in [2.24, 2.45) is 0 Å². The van der Waals surface area contributed by atoms with Crippen LogP contribution in [0.4, 0.5) is 11.6 Å². The molecule has 2 N–H and O–H groups in total. The molecule has 0 radical (unpaired) electrons. The van der Waals surface area contributed by atoms with E-state index in [0.29, 0.717) is 5.82 Å². The Balaban J connectivity index is 2.43. The zero-order valence-corrected chi connectivity index (χ0v) is 8.90. The number of nitrogens with two attached hydrogens (primary N) is 1. The fourth-order valence-corrected chi connectivity index (χ4v) is 1.24. The molecule has 1 rings (SSSR count). The summed E-state index contributed by atoms with van der Waals surface area (Å²) < 4.78 is 0. The van der Waals surface area contributed by atoms with Crippen LogP contribution in [0.2, 0.25) is 0 Å². The van der Waals surface area contributed by atoms with Crippen LogP contribution in [-0.2, 0) is 0 Å². The standard InChI is InChI=1S/C10H18N4/c1-3-4-5-6-14(2)10-8-12-9(11)7-13-10/h7-8H,3-6H2,1-2H3,(H2,11,12). The molecule has 0 fully saturated rings. The number of unbranched alkanes of at least 4 members (excludes halogenated alkanes) is 2. The van der Waals surface area contributed by atoms with Gasteiger partial charge in [0.1, 0.15) is 11.6 Å². The smallest absolute Gasteiger partial charge is 0.146 e. The average Bonchev–Trinajstić information content (AvgIpc) is 2.19. The minimum atomic E-state index is 0.468. The topological polar surface area (TPSA) is 55.0 Å². The van der Waals surface area contributed by atoms with Crippen LogP contribution in [-0.4, -0.2) is 23.6 Å². The normalized spacial score (nSPS) is 10.1. The Morgan fingerprint density at radius 3 is 2.64 bits per heavy atom. The molecular formula is C10H18N4. The second-order valence-corrected chi connectivity index (χ2v) is 3.43. The summed E-state index contributed by atoms with van der Waals surface area (Å²) >= 11 is 0. The highest BCUT2D eigenvalue weighted by Crippen LogP contribution is 2.08. The van der Waals surface area contributed by atoms with Crippen molar-refractivity contribution in [2.75, 3.05) is 24.2 Å². The van der Waals surface area contributed by atoms with Gasteiger partial charge in [-0.25, -0.2) is 9.97 Å². The lowest BCUT2D eigenvalue weighted by Crippen LogP contribution is -2.19. The van der Waals surface area contributed by atoms with Crippen molar-refractivity contribution in [3.05, 3.63) is 12.4 Å². The Hall–Kier alpha value is -1.32. The summed E-state index contributed by atoms with van der Waals surface area (Å²) in [5, 5.41) is 0. The summed E-state index contributed by atoms with van der Waals surface area (Å²) in [7, 11) is 2.02. The molecular weight excluding hydrogens is 176 g/mol. The van der Waals surface area contributed by atoms with Gasteiger partial charge in [0.15, 0.2) is 0 Å². The first-order valence-corrected chi connectivity index (χ1v) is 5.02. The third-order valence-corrected chi connectivity index (χ3v) is 2.15. The molecule has 1 aromatic rings. The van der Waals surface area contributed by atoms with E-state index in [4.69, 9.17) is 5.73 Å². The van der Waals surface area contributed by atoms with Crippen molar-refractivity contribution in [1.29, 1.82) is 0 Å². The van der Waals surface area contributed by atoms with E-state index in [1.54, 1.807) is 12.4 Å². The molecule has 1 heterocycles. The van der Waals surface area contributed by atoms with E-state index in [2.05, 4.69) is 21.8 Å². The first-order chi connectivity index (χ1) is 6.74. The molecule has 0 spiro atoms. The quantitative estimate of drug-likeness (QED) is 0.725.